The van der Waals surface area contributed by atoms with Crippen LogP contribution in [0.1, 0.15) is 23.6 Å². The highest BCUT2D eigenvalue weighted by molar-refractivity contribution is 7.07. The third-order valence-corrected chi connectivity index (χ3v) is 4.70. The second-order valence-corrected chi connectivity index (χ2v) is 6.56. The summed E-state index contributed by atoms with van der Waals surface area (Å²) in [4.78, 5) is 12.0. The zero-order valence-corrected chi connectivity index (χ0v) is 14.8. The predicted octanol–water partition coefficient (Wildman–Crippen LogP) is 3.47. The average Bonchev–Trinajstić information content (AvgIpc) is 3.34. The van der Waals surface area contributed by atoms with Crippen LogP contribution >= 0.6 is 11.3 Å². The van der Waals surface area contributed by atoms with Gasteiger partial charge in [0.05, 0.1) is 6.04 Å². The first-order valence-corrected chi connectivity index (χ1v) is 9.34. The molecule has 5 nitrogen and oxygen atoms in total. The molecule has 1 aromatic carbocycles. The highest BCUT2D eigenvalue weighted by Gasteiger charge is 2.15. The third kappa shape index (κ3) is 5.19. The Balaban J connectivity index is 1.43. The van der Waals surface area contributed by atoms with Crippen LogP contribution in [0.4, 0.5) is 4.79 Å². The Morgan fingerprint density at radius 2 is 2.04 bits per heavy atom. The number of nitrogens with one attached hydrogen (secondary N) is 2. The van der Waals surface area contributed by atoms with Crippen LogP contribution in [-0.2, 0) is 6.42 Å². The molecule has 6 heteroatoms. The Labute approximate surface area is 151 Å². The zero-order chi connectivity index (χ0) is 17.3. The van der Waals surface area contributed by atoms with Gasteiger partial charge in [-0.15, -0.1) is 0 Å². The van der Waals surface area contributed by atoms with Gasteiger partial charge in [0.2, 0.25) is 0 Å². The van der Waals surface area contributed by atoms with Crippen molar-refractivity contribution in [2.45, 2.75) is 18.9 Å². The number of nitrogens with zero attached hydrogens (tertiary/aromatic N) is 2. The number of aromatic nitrogens is 2. The fourth-order valence-corrected chi connectivity index (χ4v) is 3.39. The molecule has 0 aliphatic rings. The first-order valence-electron chi connectivity index (χ1n) is 8.40. The molecular formula is C19H22N4OS. The summed E-state index contributed by atoms with van der Waals surface area (Å²) in [5, 5.41) is 14.3. The smallest absolute Gasteiger partial charge is 0.314 e. The van der Waals surface area contributed by atoms with E-state index in [1.165, 1.54) is 5.56 Å². The SMILES string of the molecule is O=C(NCCCc1ccccc1)NC[C@H](c1ccsc1)n1cccn1. The molecule has 0 spiro atoms. The van der Waals surface area contributed by atoms with Gasteiger partial charge in [0.15, 0.2) is 0 Å². The number of thiophene rings is 1. The van der Waals surface area contributed by atoms with Crippen LogP contribution in [0.5, 0.6) is 0 Å². The Morgan fingerprint density at radius 3 is 2.76 bits per heavy atom. The largest absolute Gasteiger partial charge is 0.338 e. The van der Waals surface area contributed by atoms with E-state index in [0.717, 1.165) is 18.4 Å². The number of hydrogen-bond acceptors (Lipinski definition) is 3. The lowest BCUT2D eigenvalue weighted by atomic mass is 10.1. The van der Waals surface area contributed by atoms with Crippen LogP contribution < -0.4 is 10.6 Å². The van der Waals surface area contributed by atoms with Gasteiger partial charge in [-0.1, -0.05) is 30.3 Å². The van der Waals surface area contributed by atoms with Crippen LogP contribution in [0.15, 0.2) is 65.6 Å². The normalized spacial score (nSPS) is 11.8. The summed E-state index contributed by atoms with van der Waals surface area (Å²) in [5.41, 5.74) is 2.44. The summed E-state index contributed by atoms with van der Waals surface area (Å²) in [6, 6.07) is 14.1. The molecule has 2 N–H and O–H groups in total. The minimum absolute atomic E-state index is 0.0105. The van der Waals surface area contributed by atoms with E-state index in [0.29, 0.717) is 13.1 Å². The topological polar surface area (TPSA) is 59.0 Å². The lowest BCUT2D eigenvalue weighted by molar-refractivity contribution is 0.239. The van der Waals surface area contributed by atoms with Crippen LogP contribution in [0.25, 0.3) is 0 Å². The van der Waals surface area contributed by atoms with E-state index >= 15 is 0 Å². The minimum atomic E-state index is -0.138. The molecule has 0 bridgehead atoms. The quantitative estimate of drug-likeness (QED) is 0.609. The van der Waals surface area contributed by atoms with E-state index in [1.807, 2.05) is 40.5 Å². The molecule has 3 rings (SSSR count). The Hall–Kier alpha value is -2.60. The summed E-state index contributed by atoms with van der Waals surface area (Å²) >= 11 is 1.64. The number of urea groups is 1. The second-order valence-electron chi connectivity index (χ2n) is 5.78. The van der Waals surface area contributed by atoms with Crippen molar-refractivity contribution in [3.63, 3.8) is 0 Å². The van der Waals surface area contributed by atoms with Crippen LogP contribution in [0, 0.1) is 0 Å². The van der Waals surface area contributed by atoms with Crippen molar-refractivity contribution >= 4 is 17.4 Å². The fraction of sp³-hybridized carbons (Fsp3) is 0.263. The van der Waals surface area contributed by atoms with Crippen LogP contribution in [0.3, 0.4) is 0 Å². The summed E-state index contributed by atoms with van der Waals surface area (Å²) < 4.78 is 1.87. The third-order valence-electron chi connectivity index (χ3n) is 4.00. The van der Waals surface area contributed by atoms with Crippen molar-refractivity contribution in [1.82, 2.24) is 20.4 Å². The van der Waals surface area contributed by atoms with Crippen molar-refractivity contribution in [1.29, 1.82) is 0 Å². The van der Waals surface area contributed by atoms with Gasteiger partial charge in [0.25, 0.3) is 0 Å². The number of aryl methyl sites for hydroxylation is 1. The van der Waals surface area contributed by atoms with Crippen molar-refractivity contribution in [2.24, 2.45) is 0 Å². The maximum atomic E-state index is 12.0. The van der Waals surface area contributed by atoms with Gasteiger partial charge in [-0.25, -0.2) is 4.79 Å². The summed E-state index contributed by atoms with van der Waals surface area (Å²) in [6.07, 6.45) is 5.56. The molecule has 2 heterocycles. The average molecular weight is 354 g/mol. The van der Waals surface area contributed by atoms with E-state index in [-0.39, 0.29) is 12.1 Å². The van der Waals surface area contributed by atoms with Gasteiger partial charge in [-0.2, -0.15) is 16.4 Å². The Kier molecular flexibility index (Phi) is 6.23. The lowest BCUT2D eigenvalue weighted by Gasteiger charge is -2.17. The summed E-state index contributed by atoms with van der Waals surface area (Å²) in [6.45, 7) is 1.16. The molecular weight excluding hydrogens is 332 g/mol. The molecule has 0 radical (unpaired) electrons. The van der Waals surface area contributed by atoms with Gasteiger partial charge >= 0.3 is 6.03 Å². The van der Waals surface area contributed by atoms with E-state index in [1.54, 1.807) is 17.5 Å². The highest BCUT2D eigenvalue weighted by atomic mass is 32.1. The standard InChI is InChI=1S/C19H22N4OS/c24-19(20-10-4-8-16-6-2-1-3-7-16)21-14-18(17-9-13-25-15-17)23-12-5-11-22-23/h1-3,5-7,9,11-13,15,18H,4,8,10,14H2,(H2,20,21,24)/t18-/m1/s1. The fourth-order valence-electron chi connectivity index (χ4n) is 2.68. The number of benzene rings is 1. The number of carbonyl (C=O) groups is 1. The maximum Gasteiger partial charge on any atom is 0.314 e. The van der Waals surface area contributed by atoms with Gasteiger partial charge < -0.3 is 10.6 Å². The molecule has 3 aromatic rings. The molecule has 25 heavy (non-hydrogen) atoms. The van der Waals surface area contributed by atoms with Gasteiger partial charge in [-0.3, -0.25) is 4.68 Å². The van der Waals surface area contributed by atoms with E-state index in [2.05, 4.69) is 39.3 Å². The first kappa shape index (κ1) is 17.2. The Bertz CT molecular complexity index is 707. The second kappa shape index (κ2) is 9.03. The number of rotatable bonds is 8. The molecule has 0 unspecified atom stereocenters. The zero-order valence-electron chi connectivity index (χ0n) is 14.0. The Morgan fingerprint density at radius 1 is 1.16 bits per heavy atom. The monoisotopic (exact) mass is 354 g/mol. The molecule has 0 fully saturated rings. The summed E-state index contributed by atoms with van der Waals surface area (Å²) in [5.74, 6) is 0. The van der Waals surface area contributed by atoms with Crippen molar-refractivity contribution in [2.75, 3.05) is 13.1 Å². The minimum Gasteiger partial charge on any atom is -0.338 e. The molecule has 0 saturated carbocycles. The number of carbonyl (C=O) groups excluding carboxylic acids is 1. The highest BCUT2D eigenvalue weighted by Crippen LogP contribution is 2.19. The molecule has 2 amide bonds. The summed E-state index contributed by atoms with van der Waals surface area (Å²) in [7, 11) is 0. The molecule has 2 aromatic heterocycles. The van der Waals surface area contributed by atoms with Crippen LogP contribution in [-0.4, -0.2) is 28.9 Å². The number of amides is 2. The molecule has 0 saturated heterocycles. The van der Waals surface area contributed by atoms with E-state index < -0.39 is 0 Å². The van der Waals surface area contributed by atoms with Crippen molar-refractivity contribution in [3.05, 3.63) is 76.7 Å². The van der Waals surface area contributed by atoms with Gasteiger partial charge in [0.1, 0.15) is 0 Å². The van der Waals surface area contributed by atoms with Crippen molar-refractivity contribution in [3.8, 4) is 0 Å². The van der Waals surface area contributed by atoms with Gasteiger partial charge in [-0.05, 0) is 46.9 Å². The van der Waals surface area contributed by atoms with Crippen LogP contribution in [0.2, 0.25) is 0 Å². The molecule has 1 atom stereocenters. The molecule has 0 aliphatic carbocycles. The number of hydrogen-bond donors (Lipinski definition) is 2. The van der Waals surface area contributed by atoms with E-state index in [9.17, 15) is 4.79 Å². The lowest BCUT2D eigenvalue weighted by Crippen LogP contribution is -2.39. The molecule has 130 valence electrons. The molecule has 0 aliphatic heterocycles. The maximum absolute atomic E-state index is 12.0. The van der Waals surface area contributed by atoms with Gasteiger partial charge in [0, 0.05) is 25.5 Å². The predicted molar refractivity (Wildman–Crippen MR) is 101 cm³/mol. The van der Waals surface area contributed by atoms with Crippen molar-refractivity contribution < 1.29 is 4.79 Å². The van der Waals surface area contributed by atoms with E-state index in [4.69, 9.17) is 0 Å². The first-order chi connectivity index (χ1) is 12.3.